The molecule has 0 unspecified atom stereocenters. The summed E-state index contributed by atoms with van der Waals surface area (Å²) in [6.45, 7) is 2.95. The van der Waals surface area contributed by atoms with Crippen molar-refractivity contribution in [2.75, 3.05) is 38.3 Å². The lowest BCUT2D eigenvalue weighted by molar-refractivity contribution is 0.205. The molecule has 1 aliphatic carbocycles. The molecule has 16 heavy (non-hydrogen) atoms. The summed E-state index contributed by atoms with van der Waals surface area (Å²) < 4.78 is 9.48. The zero-order valence-electron chi connectivity index (χ0n) is 9.56. The van der Waals surface area contributed by atoms with Gasteiger partial charge in [-0.05, 0) is 12.8 Å². The summed E-state index contributed by atoms with van der Waals surface area (Å²) in [5.41, 5.74) is 5.59. The standard InChI is InChI=1S/C10H18N4OS/c1-15-7-6-14(5-4-11)10-12-9(13-16-10)8-2-3-8/h8H,2-7,11H2,1H3. The molecule has 0 saturated heterocycles. The fourth-order valence-corrected chi connectivity index (χ4v) is 2.32. The average molecular weight is 242 g/mol. The van der Waals surface area contributed by atoms with E-state index in [1.165, 1.54) is 24.4 Å². The van der Waals surface area contributed by atoms with Gasteiger partial charge in [-0.3, -0.25) is 0 Å². The first kappa shape index (κ1) is 11.8. The van der Waals surface area contributed by atoms with Crippen molar-refractivity contribution in [3.8, 4) is 0 Å². The number of anilines is 1. The fraction of sp³-hybridized carbons (Fsp3) is 0.800. The zero-order chi connectivity index (χ0) is 11.4. The number of ether oxygens (including phenoxy) is 1. The number of methoxy groups -OCH3 is 1. The molecular formula is C10H18N4OS. The topological polar surface area (TPSA) is 64.3 Å². The van der Waals surface area contributed by atoms with Crippen LogP contribution in [0.2, 0.25) is 0 Å². The lowest BCUT2D eigenvalue weighted by Crippen LogP contribution is -2.32. The van der Waals surface area contributed by atoms with Gasteiger partial charge in [-0.2, -0.15) is 4.37 Å². The van der Waals surface area contributed by atoms with Crippen molar-refractivity contribution in [2.24, 2.45) is 5.73 Å². The first-order valence-electron chi connectivity index (χ1n) is 5.62. The van der Waals surface area contributed by atoms with Gasteiger partial charge in [0.05, 0.1) is 6.61 Å². The summed E-state index contributed by atoms with van der Waals surface area (Å²) in [5, 5.41) is 0.976. The third-order valence-corrected chi connectivity index (χ3v) is 3.40. The number of aromatic nitrogens is 2. The van der Waals surface area contributed by atoms with E-state index in [9.17, 15) is 0 Å². The summed E-state index contributed by atoms with van der Waals surface area (Å²) in [5.74, 6) is 1.63. The van der Waals surface area contributed by atoms with E-state index in [4.69, 9.17) is 10.5 Å². The first-order valence-corrected chi connectivity index (χ1v) is 6.40. The Morgan fingerprint density at radius 2 is 2.31 bits per heavy atom. The highest BCUT2D eigenvalue weighted by molar-refractivity contribution is 7.09. The zero-order valence-corrected chi connectivity index (χ0v) is 10.4. The van der Waals surface area contributed by atoms with Crippen LogP contribution in [0.5, 0.6) is 0 Å². The van der Waals surface area contributed by atoms with Gasteiger partial charge >= 0.3 is 0 Å². The minimum Gasteiger partial charge on any atom is -0.383 e. The average Bonchev–Trinajstić information content (AvgIpc) is 3.03. The first-order chi connectivity index (χ1) is 7.85. The molecule has 2 N–H and O–H groups in total. The maximum atomic E-state index is 5.59. The minimum atomic E-state index is 0.618. The van der Waals surface area contributed by atoms with Gasteiger partial charge in [0, 0.05) is 44.2 Å². The molecule has 0 bridgehead atoms. The summed E-state index contributed by atoms with van der Waals surface area (Å²) >= 11 is 1.47. The molecule has 0 radical (unpaired) electrons. The van der Waals surface area contributed by atoms with Crippen LogP contribution < -0.4 is 10.6 Å². The minimum absolute atomic E-state index is 0.618. The number of nitrogens with two attached hydrogens (primary N) is 1. The van der Waals surface area contributed by atoms with Crippen LogP contribution in [0.3, 0.4) is 0 Å². The van der Waals surface area contributed by atoms with E-state index in [0.29, 0.717) is 19.1 Å². The second kappa shape index (κ2) is 5.56. The van der Waals surface area contributed by atoms with Crippen molar-refractivity contribution in [1.82, 2.24) is 9.36 Å². The van der Waals surface area contributed by atoms with E-state index >= 15 is 0 Å². The SMILES string of the molecule is COCCN(CCN)c1nc(C2CC2)ns1. The maximum Gasteiger partial charge on any atom is 0.205 e. The van der Waals surface area contributed by atoms with Crippen LogP contribution in [0.15, 0.2) is 0 Å². The molecule has 1 heterocycles. The molecule has 0 spiro atoms. The summed E-state index contributed by atoms with van der Waals surface area (Å²) in [7, 11) is 1.70. The Balaban J connectivity index is 1.98. The van der Waals surface area contributed by atoms with E-state index in [-0.39, 0.29) is 0 Å². The maximum absolute atomic E-state index is 5.59. The summed E-state index contributed by atoms with van der Waals surface area (Å²) in [6, 6.07) is 0. The monoisotopic (exact) mass is 242 g/mol. The molecule has 1 fully saturated rings. The Hall–Kier alpha value is -0.720. The third kappa shape index (κ3) is 2.90. The highest BCUT2D eigenvalue weighted by atomic mass is 32.1. The van der Waals surface area contributed by atoms with E-state index in [2.05, 4.69) is 14.3 Å². The van der Waals surface area contributed by atoms with Gasteiger partial charge < -0.3 is 15.4 Å². The number of hydrogen-bond acceptors (Lipinski definition) is 6. The quantitative estimate of drug-likeness (QED) is 0.767. The van der Waals surface area contributed by atoms with E-state index < -0.39 is 0 Å². The van der Waals surface area contributed by atoms with Crippen LogP contribution in [-0.2, 0) is 4.74 Å². The second-order valence-electron chi connectivity index (χ2n) is 3.98. The van der Waals surface area contributed by atoms with Crippen LogP contribution >= 0.6 is 11.5 Å². The summed E-state index contributed by atoms with van der Waals surface area (Å²) in [4.78, 5) is 6.71. The Morgan fingerprint density at radius 1 is 1.50 bits per heavy atom. The molecule has 90 valence electrons. The molecule has 6 heteroatoms. The van der Waals surface area contributed by atoms with Crippen molar-refractivity contribution in [3.05, 3.63) is 5.82 Å². The molecule has 1 aromatic heterocycles. The highest BCUT2D eigenvalue weighted by Crippen LogP contribution is 2.39. The molecule has 0 aliphatic heterocycles. The van der Waals surface area contributed by atoms with Crippen LogP contribution in [0.1, 0.15) is 24.6 Å². The highest BCUT2D eigenvalue weighted by Gasteiger charge is 2.28. The molecule has 1 saturated carbocycles. The van der Waals surface area contributed by atoms with Crippen LogP contribution in [0, 0.1) is 0 Å². The Morgan fingerprint density at radius 3 is 2.94 bits per heavy atom. The third-order valence-electron chi connectivity index (χ3n) is 2.61. The van der Waals surface area contributed by atoms with Crippen LogP contribution in [0.4, 0.5) is 5.13 Å². The molecule has 5 nitrogen and oxygen atoms in total. The smallest absolute Gasteiger partial charge is 0.205 e. The van der Waals surface area contributed by atoms with Gasteiger partial charge in [0.25, 0.3) is 0 Å². The normalized spacial score (nSPS) is 15.4. The van der Waals surface area contributed by atoms with Crippen molar-refractivity contribution in [2.45, 2.75) is 18.8 Å². The van der Waals surface area contributed by atoms with Gasteiger partial charge in [0.2, 0.25) is 5.13 Å². The molecule has 0 aromatic carbocycles. The Kier molecular flexibility index (Phi) is 4.09. The van der Waals surface area contributed by atoms with Crippen LogP contribution in [0.25, 0.3) is 0 Å². The van der Waals surface area contributed by atoms with Gasteiger partial charge in [0.1, 0.15) is 5.82 Å². The van der Waals surface area contributed by atoms with Gasteiger partial charge in [-0.1, -0.05) is 0 Å². The van der Waals surface area contributed by atoms with Gasteiger partial charge in [-0.15, -0.1) is 0 Å². The van der Waals surface area contributed by atoms with Crippen molar-refractivity contribution in [3.63, 3.8) is 0 Å². The molecule has 2 rings (SSSR count). The second-order valence-corrected chi connectivity index (χ2v) is 4.71. The summed E-state index contributed by atoms with van der Waals surface area (Å²) in [6.07, 6.45) is 2.48. The van der Waals surface area contributed by atoms with Gasteiger partial charge in [0.15, 0.2) is 0 Å². The van der Waals surface area contributed by atoms with Gasteiger partial charge in [-0.25, -0.2) is 4.98 Å². The molecule has 0 atom stereocenters. The predicted octanol–water partition coefficient (Wildman–Crippen LogP) is 0.827. The van der Waals surface area contributed by atoms with Crippen molar-refractivity contribution < 1.29 is 4.74 Å². The van der Waals surface area contributed by atoms with E-state index in [1.807, 2.05) is 0 Å². The lowest BCUT2D eigenvalue weighted by Gasteiger charge is -2.19. The predicted molar refractivity (Wildman–Crippen MR) is 65.0 cm³/mol. The Labute approximate surface area is 99.8 Å². The van der Waals surface area contributed by atoms with Crippen molar-refractivity contribution >= 4 is 16.7 Å². The number of nitrogens with zero attached hydrogens (tertiary/aromatic N) is 3. The molecule has 0 amide bonds. The van der Waals surface area contributed by atoms with E-state index in [1.54, 1.807) is 7.11 Å². The lowest BCUT2D eigenvalue weighted by atomic mass is 10.4. The number of hydrogen-bond donors (Lipinski definition) is 1. The van der Waals surface area contributed by atoms with Crippen LogP contribution in [-0.4, -0.2) is 42.7 Å². The Bertz CT molecular complexity index is 326. The number of rotatable bonds is 7. The van der Waals surface area contributed by atoms with E-state index in [0.717, 1.165) is 24.0 Å². The molecular weight excluding hydrogens is 224 g/mol. The molecule has 1 aromatic rings. The van der Waals surface area contributed by atoms with Crippen molar-refractivity contribution in [1.29, 1.82) is 0 Å². The fourth-order valence-electron chi connectivity index (χ4n) is 1.52. The largest absolute Gasteiger partial charge is 0.383 e. The molecule has 1 aliphatic rings.